The monoisotopic (exact) mass is 335 g/mol. The van der Waals surface area contributed by atoms with Gasteiger partial charge in [-0.3, -0.25) is 0 Å². The van der Waals surface area contributed by atoms with Crippen molar-refractivity contribution in [1.29, 1.82) is 0 Å². The molecule has 1 heterocycles. The first kappa shape index (κ1) is 21.8. The van der Waals surface area contributed by atoms with Crippen LogP contribution in [-0.4, -0.2) is 11.3 Å². The summed E-state index contributed by atoms with van der Waals surface area (Å²) in [6, 6.07) is 0. The molecule has 0 bridgehead atoms. The van der Waals surface area contributed by atoms with Crippen molar-refractivity contribution in [3.8, 4) is 0 Å². The van der Waals surface area contributed by atoms with Crippen molar-refractivity contribution in [3.05, 3.63) is 33.3 Å². The van der Waals surface area contributed by atoms with Gasteiger partial charge in [-0.05, 0) is 59.0 Å². The second kappa shape index (κ2) is 13.2. The van der Waals surface area contributed by atoms with Gasteiger partial charge < -0.3 is 4.79 Å². The van der Waals surface area contributed by atoms with Crippen molar-refractivity contribution in [1.82, 2.24) is 4.98 Å². The molecule has 1 atom stereocenters. The topological polar surface area (TPSA) is 30.0 Å². The van der Waals surface area contributed by atoms with E-state index in [-0.39, 0.29) is 5.92 Å². The van der Waals surface area contributed by atoms with Crippen LogP contribution in [0.5, 0.6) is 0 Å². The standard InChI is InChI=1S/C18H27NOS.C2H6/c1-14(8-6-10-16(3)12-20)7-5-9-15(2)11-18-13-21-17(4)19-18;1-2/h7,11-13,16H,5-6,8-10H2,1-4H3;1-2H3/b14-7-,15-11+;. The lowest BCUT2D eigenvalue weighted by atomic mass is 10.0. The van der Waals surface area contributed by atoms with Crippen LogP contribution in [0.25, 0.3) is 6.08 Å². The number of carbonyl (C=O) groups excluding carboxylic acids is 1. The van der Waals surface area contributed by atoms with Gasteiger partial charge in [0, 0.05) is 11.3 Å². The molecule has 0 fully saturated rings. The quantitative estimate of drug-likeness (QED) is 0.375. The normalized spacial score (nSPS) is 13.3. The van der Waals surface area contributed by atoms with E-state index < -0.39 is 0 Å². The van der Waals surface area contributed by atoms with E-state index >= 15 is 0 Å². The third-order valence-corrected chi connectivity index (χ3v) is 4.32. The molecule has 1 unspecified atom stereocenters. The fourth-order valence-corrected chi connectivity index (χ4v) is 2.76. The minimum Gasteiger partial charge on any atom is -0.303 e. The molecule has 2 nitrogen and oxygen atoms in total. The summed E-state index contributed by atoms with van der Waals surface area (Å²) in [5.74, 6) is 0.199. The third kappa shape index (κ3) is 11.0. The maximum atomic E-state index is 10.6. The Morgan fingerprint density at radius 2 is 1.96 bits per heavy atom. The van der Waals surface area contributed by atoms with Crippen LogP contribution in [0.2, 0.25) is 0 Å². The number of nitrogens with zero attached hydrogens (tertiary/aromatic N) is 1. The lowest BCUT2D eigenvalue weighted by Gasteiger charge is -2.04. The van der Waals surface area contributed by atoms with Crippen molar-refractivity contribution in [2.75, 3.05) is 0 Å². The smallest absolute Gasteiger partial charge is 0.122 e. The lowest BCUT2D eigenvalue weighted by Crippen LogP contribution is -1.95. The van der Waals surface area contributed by atoms with Crippen molar-refractivity contribution in [3.63, 3.8) is 0 Å². The second-order valence-corrected chi connectivity index (χ2v) is 6.94. The predicted molar refractivity (Wildman–Crippen MR) is 104 cm³/mol. The van der Waals surface area contributed by atoms with Gasteiger partial charge in [-0.15, -0.1) is 11.3 Å². The molecule has 0 saturated carbocycles. The van der Waals surface area contributed by atoms with Gasteiger partial charge in [-0.1, -0.05) is 38.0 Å². The largest absolute Gasteiger partial charge is 0.303 e. The molecule has 0 amide bonds. The minimum absolute atomic E-state index is 0.199. The SMILES string of the molecule is C/C(=C/CC/C(C)=C/c1csc(C)n1)CCCC(C)C=O.CC. The third-order valence-electron chi connectivity index (χ3n) is 3.53. The lowest BCUT2D eigenvalue weighted by molar-refractivity contribution is -0.110. The van der Waals surface area contributed by atoms with Gasteiger partial charge >= 0.3 is 0 Å². The summed E-state index contributed by atoms with van der Waals surface area (Å²) in [5, 5.41) is 3.23. The Kier molecular flexibility index (Phi) is 12.5. The Morgan fingerprint density at radius 1 is 1.26 bits per heavy atom. The summed E-state index contributed by atoms with van der Waals surface area (Å²) >= 11 is 1.70. The highest BCUT2D eigenvalue weighted by Gasteiger charge is 2.00. The highest BCUT2D eigenvalue weighted by atomic mass is 32.1. The first-order valence-corrected chi connectivity index (χ1v) is 9.59. The number of rotatable bonds is 9. The van der Waals surface area contributed by atoms with Crippen LogP contribution in [0.1, 0.15) is 77.4 Å². The number of aromatic nitrogens is 1. The zero-order valence-electron chi connectivity index (χ0n) is 15.7. The molecule has 130 valence electrons. The van der Waals surface area contributed by atoms with E-state index in [1.165, 1.54) is 11.1 Å². The Morgan fingerprint density at radius 3 is 2.52 bits per heavy atom. The second-order valence-electron chi connectivity index (χ2n) is 5.88. The van der Waals surface area contributed by atoms with E-state index in [1.54, 1.807) is 11.3 Å². The van der Waals surface area contributed by atoms with Crippen molar-refractivity contribution >= 4 is 23.7 Å². The summed E-state index contributed by atoms with van der Waals surface area (Å²) in [5.41, 5.74) is 3.89. The van der Waals surface area contributed by atoms with Gasteiger partial charge in [-0.25, -0.2) is 4.98 Å². The Balaban J connectivity index is 0.00000232. The molecule has 1 aromatic heterocycles. The number of hydrogen-bond donors (Lipinski definition) is 0. The van der Waals surface area contributed by atoms with Crippen LogP contribution in [0.3, 0.4) is 0 Å². The maximum Gasteiger partial charge on any atom is 0.122 e. The van der Waals surface area contributed by atoms with E-state index in [9.17, 15) is 4.79 Å². The van der Waals surface area contributed by atoms with Crippen molar-refractivity contribution < 1.29 is 4.79 Å². The number of aryl methyl sites for hydroxylation is 1. The number of hydrogen-bond acceptors (Lipinski definition) is 3. The molecule has 0 aromatic carbocycles. The number of thiazole rings is 1. The molecule has 3 heteroatoms. The Labute approximate surface area is 146 Å². The fourth-order valence-electron chi connectivity index (χ4n) is 2.19. The highest BCUT2D eigenvalue weighted by molar-refractivity contribution is 7.09. The average molecular weight is 336 g/mol. The van der Waals surface area contributed by atoms with Crippen LogP contribution >= 0.6 is 11.3 Å². The number of allylic oxidation sites excluding steroid dienone is 3. The van der Waals surface area contributed by atoms with E-state index in [4.69, 9.17) is 0 Å². The summed E-state index contributed by atoms with van der Waals surface area (Å²) < 4.78 is 0. The molecule has 0 spiro atoms. The summed E-state index contributed by atoms with van der Waals surface area (Å²) in [6.07, 6.45) is 10.9. The molecular formula is C20H33NOS. The maximum absolute atomic E-state index is 10.6. The minimum atomic E-state index is 0.199. The van der Waals surface area contributed by atoms with E-state index in [1.807, 2.05) is 27.7 Å². The van der Waals surface area contributed by atoms with Gasteiger partial charge in [0.2, 0.25) is 0 Å². The Bertz CT molecular complexity index is 499. The molecule has 0 aliphatic heterocycles. The zero-order chi connectivity index (χ0) is 17.7. The first-order chi connectivity index (χ1) is 11.0. The zero-order valence-corrected chi connectivity index (χ0v) is 16.5. The molecule has 23 heavy (non-hydrogen) atoms. The molecule has 0 radical (unpaired) electrons. The van der Waals surface area contributed by atoms with Gasteiger partial charge in [-0.2, -0.15) is 0 Å². The average Bonchev–Trinajstić information content (AvgIpc) is 2.94. The Hall–Kier alpha value is -1.22. The molecule has 0 aliphatic rings. The van der Waals surface area contributed by atoms with Crippen LogP contribution in [-0.2, 0) is 4.79 Å². The van der Waals surface area contributed by atoms with E-state index in [0.29, 0.717) is 0 Å². The summed E-state index contributed by atoms with van der Waals surface area (Å²) in [7, 11) is 0. The highest BCUT2D eigenvalue weighted by Crippen LogP contribution is 2.16. The molecule has 0 N–H and O–H groups in total. The number of aldehydes is 1. The fraction of sp³-hybridized carbons (Fsp3) is 0.600. The van der Waals surface area contributed by atoms with Crippen molar-refractivity contribution in [2.24, 2.45) is 5.92 Å². The van der Waals surface area contributed by atoms with Crippen LogP contribution in [0.4, 0.5) is 0 Å². The molecule has 0 aliphatic carbocycles. The van der Waals surface area contributed by atoms with Crippen LogP contribution < -0.4 is 0 Å². The van der Waals surface area contributed by atoms with Gasteiger partial charge in [0.15, 0.2) is 0 Å². The van der Waals surface area contributed by atoms with Gasteiger partial charge in [0.05, 0.1) is 10.7 Å². The van der Waals surface area contributed by atoms with Crippen LogP contribution in [0, 0.1) is 12.8 Å². The first-order valence-electron chi connectivity index (χ1n) is 8.71. The molecular weight excluding hydrogens is 302 g/mol. The number of carbonyl (C=O) groups is 1. The van der Waals surface area contributed by atoms with Gasteiger partial charge in [0.25, 0.3) is 0 Å². The molecule has 0 saturated heterocycles. The molecule has 1 aromatic rings. The van der Waals surface area contributed by atoms with Gasteiger partial charge in [0.1, 0.15) is 6.29 Å². The predicted octanol–water partition coefficient (Wildman–Crippen LogP) is 6.61. The van der Waals surface area contributed by atoms with E-state index in [2.05, 4.69) is 36.4 Å². The summed E-state index contributed by atoms with van der Waals surface area (Å²) in [4.78, 5) is 15.0. The summed E-state index contributed by atoms with van der Waals surface area (Å²) in [6.45, 7) is 12.4. The molecule has 1 rings (SSSR count). The van der Waals surface area contributed by atoms with Crippen LogP contribution in [0.15, 0.2) is 22.6 Å². The van der Waals surface area contributed by atoms with Crippen molar-refractivity contribution in [2.45, 2.75) is 73.6 Å². The van der Waals surface area contributed by atoms with E-state index in [0.717, 1.165) is 49.1 Å².